The first kappa shape index (κ1) is 15.4. The van der Waals surface area contributed by atoms with Gasteiger partial charge in [0.05, 0.1) is 25.2 Å². The number of aromatic nitrogens is 1. The van der Waals surface area contributed by atoms with Gasteiger partial charge in [-0.1, -0.05) is 6.07 Å². The Labute approximate surface area is 122 Å². The van der Waals surface area contributed by atoms with Gasteiger partial charge in [-0.25, -0.2) is 4.79 Å². The summed E-state index contributed by atoms with van der Waals surface area (Å²) in [6.45, 7) is 0.437. The number of nitrogens with one attached hydrogen (secondary N) is 1. The van der Waals surface area contributed by atoms with E-state index in [9.17, 15) is 9.59 Å². The third-order valence-corrected chi connectivity index (χ3v) is 3.13. The van der Waals surface area contributed by atoms with Crippen molar-refractivity contribution in [3.63, 3.8) is 0 Å². The highest BCUT2D eigenvalue weighted by Crippen LogP contribution is 2.12. The molecule has 0 spiro atoms. The van der Waals surface area contributed by atoms with E-state index in [-0.39, 0.29) is 31.1 Å². The van der Waals surface area contributed by atoms with Gasteiger partial charge in [-0.15, -0.1) is 0 Å². The molecule has 2 atom stereocenters. The van der Waals surface area contributed by atoms with Crippen LogP contribution in [-0.2, 0) is 25.5 Å². The molecule has 1 aliphatic rings. The van der Waals surface area contributed by atoms with Gasteiger partial charge in [0.2, 0.25) is 5.91 Å². The van der Waals surface area contributed by atoms with Gasteiger partial charge >= 0.3 is 5.97 Å². The predicted octanol–water partition coefficient (Wildman–Crippen LogP) is -0.001000. The van der Waals surface area contributed by atoms with E-state index in [1.54, 1.807) is 18.3 Å². The Bertz CT molecular complexity index is 480. The van der Waals surface area contributed by atoms with Crippen LogP contribution in [0.3, 0.4) is 0 Å². The highest BCUT2D eigenvalue weighted by atomic mass is 16.5. The molecule has 2 N–H and O–H groups in total. The molecule has 0 unspecified atom stereocenters. The van der Waals surface area contributed by atoms with Gasteiger partial charge in [0.15, 0.2) is 0 Å². The molecule has 2 rings (SSSR count). The minimum atomic E-state index is -1.03. The van der Waals surface area contributed by atoms with Crippen molar-refractivity contribution >= 4 is 11.9 Å². The van der Waals surface area contributed by atoms with Gasteiger partial charge < -0.3 is 19.9 Å². The number of aliphatic carboxylic acids is 1. The van der Waals surface area contributed by atoms with E-state index in [1.807, 2.05) is 6.07 Å². The van der Waals surface area contributed by atoms with Crippen LogP contribution >= 0.6 is 0 Å². The monoisotopic (exact) mass is 294 g/mol. The van der Waals surface area contributed by atoms with Crippen LogP contribution in [0, 0.1) is 0 Å². The first-order valence-electron chi connectivity index (χ1n) is 6.75. The van der Waals surface area contributed by atoms with Crippen molar-refractivity contribution < 1.29 is 24.2 Å². The van der Waals surface area contributed by atoms with Crippen molar-refractivity contribution in [2.24, 2.45) is 0 Å². The van der Waals surface area contributed by atoms with Gasteiger partial charge in [-0.05, 0) is 18.6 Å². The summed E-state index contributed by atoms with van der Waals surface area (Å²) < 4.78 is 10.6. The highest BCUT2D eigenvalue weighted by Gasteiger charge is 2.28. The zero-order valence-corrected chi connectivity index (χ0v) is 11.5. The average molecular weight is 294 g/mol. The molecule has 1 amide bonds. The largest absolute Gasteiger partial charge is 0.480 e. The maximum Gasteiger partial charge on any atom is 0.329 e. The molecule has 1 aromatic rings. The molecular weight excluding hydrogens is 276 g/mol. The van der Waals surface area contributed by atoms with Crippen molar-refractivity contribution in [3.8, 4) is 0 Å². The number of carbonyl (C=O) groups is 2. The van der Waals surface area contributed by atoms with Gasteiger partial charge in [-0.3, -0.25) is 9.78 Å². The number of pyridine rings is 1. The molecule has 0 bridgehead atoms. The first-order valence-corrected chi connectivity index (χ1v) is 6.75. The Morgan fingerprint density at radius 1 is 1.48 bits per heavy atom. The Balaban J connectivity index is 1.86. The molecule has 0 aliphatic carbocycles. The Morgan fingerprint density at radius 2 is 2.33 bits per heavy atom. The maximum absolute atomic E-state index is 12.0. The Hall–Kier alpha value is -1.99. The van der Waals surface area contributed by atoms with E-state index in [0.29, 0.717) is 25.3 Å². The predicted molar refractivity (Wildman–Crippen MR) is 72.7 cm³/mol. The van der Waals surface area contributed by atoms with E-state index in [1.165, 1.54) is 0 Å². The number of hydrogen-bond donors (Lipinski definition) is 2. The van der Waals surface area contributed by atoms with Crippen LogP contribution in [0.15, 0.2) is 24.4 Å². The fraction of sp³-hybridized carbons (Fsp3) is 0.500. The zero-order valence-electron chi connectivity index (χ0n) is 11.5. The molecule has 0 radical (unpaired) electrons. The third kappa shape index (κ3) is 5.13. The van der Waals surface area contributed by atoms with E-state index in [0.717, 1.165) is 0 Å². The molecular formula is C14H18N2O5. The van der Waals surface area contributed by atoms with Crippen molar-refractivity contribution in [1.29, 1.82) is 0 Å². The van der Waals surface area contributed by atoms with Gasteiger partial charge in [0.25, 0.3) is 0 Å². The van der Waals surface area contributed by atoms with Crippen molar-refractivity contribution in [1.82, 2.24) is 10.3 Å². The molecule has 0 saturated carbocycles. The van der Waals surface area contributed by atoms with Crippen LogP contribution in [0.2, 0.25) is 0 Å². The second-order valence-corrected chi connectivity index (χ2v) is 4.78. The number of nitrogens with zero attached hydrogens (tertiary/aromatic N) is 1. The standard InChI is InChI=1S/C14H18N2O5/c17-13(7-10-3-1-2-5-15-10)16-11-8-20-6-4-12(11)21-9-14(18)19/h1-3,5,11-12H,4,6-9H2,(H,16,17)(H,18,19)/t11-,12+/m1/s1. The van der Waals surface area contributed by atoms with Crippen LogP contribution in [0.25, 0.3) is 0 Å². The lowest BCUT2D eigenvalue weighted by Gasteiger charge is -2.31. The van der Waals surface area contributed by atoms with Gasteiger partial charge in [0, 0.05) is 18.5 Å². The molecule has 1 aromatic heterocycles. The number of ether oxygens (including phenoxy) is 2. The summed E-state index contributed by atoms with van der Waals surface area (Å²) >= 11 is 0. The Kier molecular flexibility index (Phi) is 5.65. The lowest BCUT2D eigenvalue weighted by Crippen LogP contribution is -2.51. The molecule has 21 heavy (non-hydrogen) atoms. The number of hydrogen-bond acceptors (Lipinski definition) is 5. The summed E-state index contributed by atoms with van der Waals surface area (Å²) in [5, 5.41) is 11.5. The van der Waals surface area contributed by atoms with Gasteiger partial charge in [0.1, 0.15) is 6.61 Å². The molecule has 1 fully saturated rings. The molecule has 7 heteroatoms. The molecule has 114 valence electrons. The van der Waals surface area contributed by atoms with E-state index >= 15 is 0 Å². The smallest absolute Gasteiger partial charge is 0.329 e. The topological polar surface area (TPSA) is 97.8 Å². The first-order chi connectivity index (χ1) is 10.1. The van der Waals surface area contributed by atoms with E-state index in [4.69, 9.17) is 14.6 Å². The maximum atomic E-state index is 12.0. The number of carbonyl (C=O) groups excluding carboxylic acids is 1. The lowest BCUT2D eigenvalue weighted by atomic mass is 10.1. The molecule has 0 aromatic carbocycles. The summed E-state index contributed by atoms with van der Waals surface area (Å²) in [4.78, 5) is 26.6. The zero-order chi connectivity index (χ0) is 15.1. The van der Waals surface area contributed by atoms with Crippen molar-refractivity contribution in [2.75, 3.05) is 19.8 Å². The molecule has 7 nitrogen and oxygen atoms in total. The number of carboxylic acids is 1. The van der Waals surface area contributed by atoms with Crippen LogP contribution in [-0.4, -0.2) is 53.9 Å². The number of carboxylic acid groups (broad SMARTS) is 1. The fourth-order valence-corrected chi connectivity index (χ4v) is 2.16. The SMILES string of the molecule is O=C(O)CO[C@H]1CCOC[C@H]1NC(=O)Cc1ccccn1. The van der Waals surface area contributed by atoms with Crippen molar-refractivity contribution in [3.05, 3.63) is 30.1 Å². The quantitative estimate of drug-likeness (QED) is 0.766. The highest BCUT2D eigenvalue weighted by molar-refractivity contribution is 5.78. The van der Waals surface area contributed by atoms with Crippen LogP contribution in [0.5, 0.6) is 0 Å². The number of amides is 1. The summed E-state index contributed by atoms with van der Waals surface area (Å²) in [5.41, 5.74) is 0.676. The third-order valence-electron chi connectivity index (χ3n) is 3.13. The summed E-state index contributed by atoms with van der Waals surface area (Å²) in [5.74, 6) is -1.21. The fourth-order valence-electron chi connectivity index (χ4n) is 2.16. The lowest BCUT2D eigenvalue weighted by molar-refractivity contribution is -0.148. The number of rotatable bonds is 6. The Morgan fingerprint density at radius 3 is 3.05 bits per heavy atom. The van der Waals surface area contributed by atoms with Crippen LogP contribution in [0.4, 0.5) is 0 Å². The van der Waals surface area contributed by atoms with Crippen LogP contribution < -0.4 is 5.32 Å². The van der Waals surface area contributed by atoms with Crippen molar-refractivity contribution in [2.45, 2.75) is 25.0 Å². The molecule has 2 heterocycles. The molecule has 1 saturated heterocycles. The summed E-state index contributed by atoms with van der Waals surface area (Å²) in [6, 6.07) is 5.04. The average Bonchev–Trinajstić information content (AvgIpc) is 2.47. The summed E-state index contributed by atoms with van der Waals surface area (Å²) in [7, 11) is 0. The minimum Gasteiger partial charge on any atom is -0.480 e. The van der Waals surface area contributed by atoms with Crippen LogP contribution in [0.1, 0.15) is 12.1 Å². The second kappa shape index (κ2) is 7.70. The van der Waals surface area contributed by atoms with E-state index in [2.05, 4.69) is 10.3 Å². The molecule has 1 aliphatic heterocycles. The summed E-state index contributed by atoms with van der Waals surface area (Å²) in [6.07, 6.45) is 2.01. The van der Waals surface area contributed by atoms with Gasteiger partial charge in [-0.2, -0.15) is 0 Å². The normalized spacial score (nSPS) is 21.7. The second-order valence-electron chi connectivity index (χ2n) is 4.78. The minimum absolute atomic E-state index is 0.170. The van der Waals surface area contributed by atoms with E-state index < -0.39 is 5.97 Å².